The summed E-state index contributed by atoms with van der Waals surface area (Å²) in [5, 5.41) is 3.04. The van der Waals surface area contributed by atoms with Gasteiger partial charge in [0.25, 0.3) is 0 Å². The zero-order valence-electron chi connectivity index (χ0n) is 7.25. The minimum absolute atomic E-state index is 0.0455. The minimum atomic E-state index is -0.0455. The molecule has 0 saturated heterocycles. The van der Waals surface area contributed by atoms with E-state index in [2.05, 4.69) is 5.32 Å². The molecule has 0 saturated carbocycles. The topological polar surface area (TPSA) is 64.1 Å². The van der Waals surface area contributed by atoms with Crippen LogP contribution >= 0.6 is 0 Å². The first kappa shape index (κ1) is 9.03. The van der Waals surface area contributed by atoms with E-state index >= 15 is 0 Å². The zero-order valence-corrected chi connectivity index (χ0v) is 7.25. The van der Waals surface area contributed by atoms with E-state index in [4.69, 9.17) is 11.5 Å². The Morgan fingerprint density at radius 2 is 1.92 bits per heavy atom. The first-order valence-electron chi connectivity index (χ1n) is 4.01. The number of rotatable bonds is 3. The van der Waals surface area contributed by atoms with Gasteiger partial charge in [-0.15, -0.1) is 0 Å². The molecule has 0 fully saturated rings. The van der Waals surface area contributed by atoms with Crippen molar-refractivity contribution in [2.24, 2.45) is 11.5 Å². The van der Waals surface area contributed by atoms with E-state index in [0.717, 1.165) is 11.3 Å². The summed E-state index contributed by atoms with van der Waals surface area (Å²) in [6.45, 7) is 0.485. The van der Waals surface area contributed by atoms with E-state index in [1.54, 1.807) is 0 Å². The fourth-order valence-corrected chi connectivity index (χ4v) is 1.03. The number of hydrogen-bond donors (Lipinski definition) is 3. The van der Waals surface area contributed by atoms with Gasteiger partial charge in [0.1, 0.15) is 0 Å². The monoisotopic (exact) mass is 165 g/mol. The van der Waals surface area contributed by atoms with Gasteiger partial charge < -0.3 is 16.8 Å². The molecule has 0 amide bonds. The highest BCUT2D eigenvalue weighted by atomic mass is 14.8. The van der Waals surface area contributed by atoms with Gasteiger partial charge in [-0.05, 0) is 17.7 Å². The van der Waals surface area contributed by atoms with Crippen LogP contribution in [0.15, 0.2) is 24.3 Å². The predicted molar refractivity (Wildman–Crippen MR) is 52.0 cm³/mol. The van der Waals surface area contributed by atoms with Crippen LogP contribution in [0.2, 0.25) is 0 Å². The van der Waals surface area contributed by atoms with Gasteiger partial charge in [-0.25, -0.2) is 0 Å². The maximum atomic E-state index is 5.74. The molecule has 1 rings (SSSR count). The zero-order chi connectivity index (χ0) is 8.97. The normalized spacial score (nSPS) is 12.6. The maximum absolute atomic E-state index is 5.74. The van der Waals surface area contributed by atoms with Crippen LogP contribution in [0.5, 0.6) is 0 Å². The lowest BCUT2D eigenvalue weighted by Gasteiger charge is -2.09. The number of nitrogens with one attached hydrogen (secondary N) is 1. The Morgan fingerprint density at radius 1 is 1.33 bits per heavy atom. The van der Waals surface area contributed by atoms with Crippen LogP contribution in [0.3, 0.4) is 0 Å². The highest BCUT2D eigenvalue weighted by molar-refractivity contribution is 5.44. The number of nitrogens with two attached hydrogens (primary N) is 2. The summed E-state index contributed by atoms with van der Waals surface area (Å²) < 4.78 is 0. The molecule has 0 aliphatic heterocycles. The van der Waals surface area contributed by atoms with Crippen LogP contribution in [-0.2, 0) is 0 Å². The van der Waals surface area contributed by atoms with E-state index in [1.807, 2.05) is 31.3 Å². The van der Waals surface area contributed by atoms with Crippen molar-refractivity contribution in [2.45, 2.75) is 6.04 Å². The molecule has 0 heterocycles. The molecule has 1 aromatic carbocycles. The van der Waals surface area contributed by atoms with Gasteiger partial charge >= 0.3 is 0 Å². The molecule has 12 heavy (non-hydrogen) atoms. The fraction of sp³-hybridized carbons (Fsp3) is 0.333. The minimum Gasteiger partial charge on any atom is -0.388 e. The molecule has 0 aliphatic carbocycles. The standard InChI is InChI=1S/C9H15N3/c1-12-8-4-2-7(3-5-8)9(11)6-10/h2-5,9,12H,6,10-11H2,1H3/t9-/m0/s1. The molecular formula is C9H15N3. The third-order valence-electron chi connectivity index (χ3n) is 1.88. The number of benzene rings is 1. The van der Waals surface area contributed by atoms with Gasteiger partial charge in [-0.3, -0.25) is 0 Å². The van der Waals surface area contributed by atoms with Gasteiger partial charge in [-0.2, -0.15) is 0 Å². The van der Waals surface area contributed by atoms with Crippen molar-refractivity contribution in [1.29, 1.82) is 0 Å². The van der Waals surface area contributed by atoms with Crippen molar-refractivity contribution < 1.29 is 0 Å². The number of hydrogen-bond acceptors (Lipinski definition) is 3. The molecule has 0 radical (unpaired) electrons. The largest absolute Gasteiger partial charge is 0.388 e. The second kappa shape index (κ2) is 4.09. The maximum Gasteiger partial charge on any atom is 0.0419 e. The van der Waals surface area contributed by atoms with Crippen molar-refractivity contribution >= 4 is 5.69 Å². The van der Waals surface area contributed by atoms with Gasteiger partial charge in [-0.1, -0.05) is 12.1 Å². The molecule has 0 bridgehead atoms. The molecule has 3 heteroatoms. The highest BCUT2D eigenvalue weighted by Gasteiger charge is 2.01. The van der Waals surface area contributed by atoms with Gasteiger partial charge in [0.2, 0.25) is 0 Å². The smallest absolute Gasteiger partial charge is 0.0419 e. The van der Waals surface area contributed by atoms with Crippen LogP contribution < -0.4 is 16.8 Å². The number of anilines is 1. The second-order valence-electron chi connectivity index (χ2n) is 2.71. The molecule has 0 aliphatic rings. The van der Waals surface area contributed by atoms with Crippen molar-refractivity contribution in [2.75, 3.05) is 18.9 Å². The summed E-state index contributed by atoms with van der Waals surface area (Å²) >= 11 is 0. The Balaban J connectivity index is 2.77. The Kier molecular flexibility index (Phi) is 3.08. The molecular weight excluding hydrogens is 150 g/mol. The molecule has 0 aromatic heterocycles. The van der Waals surface area contributed by atoms with E-state index in [-0.39, 0.29) is 6.04 Å². The van der Waals surface area contributed by atoms with Crippen LogP contribution in [0, 0.1) is 0 Å². The summed E-state index contributed by atoms with van der Waals surface area (Å²) in [5.41, 5.74) is 13.3. The Hall–Kier alpha value is -1.06. The van der Waals surface area contributed by atoms with Crippen molar-refractivity contribution in [3.8, 4) is 0 Å². The Morgan fingerprint density at radius 3 is 2.33 bits per heavy atom. The Bertz CT molecular complexity index is 230. The SMILES string of the molecule is CNc1ccc([C@@H](N)CN)cc1. The molecule has 1 aromatic rings. The quantitative estimate of drug-likeness (QED) is 0.617. The fourth-order valence-electron chi connectivity index (χ4n) is 1.03. The summed E-state index contributed by atoms with van der Waals surface area (Å²) in [4.78, 5) is 0. The van der Waals surface area contributed by atoms with Crippen LogP contribution in [-0.4, -0.2) is 13.6 Å². The van der Waals surface area contributed by atoms with Crippen LogP contribution in [0.4, 0.5) is 5.69 Å². The Labute approximate surface area is 72.8 Å². The first-order chi connectivity index (χ1) is 5.77. The van der Waals surface area contributed by atoms with Crippen LogP contribution in [0.25, 0.3) is 0 Å². The third-order valence-corrected chi connectivity index (χ3v) is 1.88. The van der Waals surface area contributed by atoms with E-state index in [9.17, 15) is 0 Å². The van der Waals surface area contributed by atoms with Crippen LogP contribution in [0.1, 0.15) is 11.6 Å². The van der Waals surface area contributed by atoms with Gasteiger partial charge in [0.05, 0.1) is 0 Å². The molecule has 66 valence electrons. The van der Waals surface area contributed by atoms with Crippen molar-refractivity contribution in [3.05, 3.63) is 29.8 Å². The molecule has 1 atom stereocenters. The van der Waals surface area contributed by atoms with E-state index in [1.165, 1.54) is 0 Å². The lowest BCUT2D eigenvalue weighted by atomic mass is 10.1. The second-order valence-corrected chi connectivity index (χ2v) is 2.71. The lowest BCUT2D eigenvalue weighted by Crippen LogP contribution is -2.20. The van der Waals surface area contributed by atoms with Gasteiger partial charge in [0.15, 0.2) is 0 Å². The molecule has 0 unspecified atom stereocenters. The summed E-state index contributed by atoms with van der Waals surface area (Å²) in [5.74, 6) is 0. The summed E-state index contributed by atoms with van der Waals surface area (Å²) in [6, 6.07) is 7.92. The van der Waals surface area contributed by atoms with E-state index < -0.39 is 0 Å². The predicted octanol–water partition coefficient (Wildman–Crippen LogP) is 0.687. The first-order valence-corrected chi connectivity index (χ1v) is 4.01. The molecule has 3 nitrogen and oxygen atoms in total. The van der Waals surface area contributed by atoms with Crippen molar-refractivity contribution in [1.82, 2.24) is 0 Å². The average Bonchev–Trinajstić information content (AvgIpc) is 2.17. The van der Waals surface area contributed by atoms with Crippen molar-refractivity contribution in [3.63, 3.8) is 0 Å². The molecule has 0 spiro atoms. The summed E-state index contributed by atoms with van der Waals surface area (Å²) in [7, 11) is 1.89. The average molecular weight is 165 g/mol. The van der Waals surface area contributed by atoms with E-state index in [0.29, 0.717) is 6.54 Å². The molecule has 5 N–H and O–H groups in total. The van der Waals surface area contributed by atoms with Gasteiger partial charge in [0, 0.05) is 25.3 Å². The highest BCUT2D eigenvalue weighted by Crippen LogP contribution is 2.12. The third kappa shape index (κ3) is 1.96. The summed E-state index contributed by atoms with van der Waals surface area (Å²) in [6.07, 6.45) is 0. The lowest BCUT2D eigenvalue weighted by molar-refractivity contribution is 0.737.